The summed E-state index contributed by atoms with van der Waals surface area (Å²) in [4.78, 5) is 11.7. The average molecular weight is 317 g/mol. The van der Waals surface area contributed by atoms with Crippen molar-refractivity contribution in [3.63, 3.8) is 0 Å². The third kappa shape index (κ3) is 2.55. The molecule has 0 aromatic heterocycles. The van der Waals surface area contributed by atoms with Crippen LogP contribution in [0.2, 0.25) is 0 Å². The number of alkyl halides is 1. The Morgan fingerprint density at radius 2 is 1.95 bits per heavy atom. The summed E-state index contributed by atoms with van der Waals surface area (Å²) in [6, 6.07) is 14.0. The number of benzene rings is 2. The number of fused-ring (bicyclic) bond motifs is 1. The number of rotatable bonds is 4. The lowest BCUT2D eigenvalue weighted by Crippen LogP contribution is -2.49. The molecule has 0 saturated heterocycles. The Balaban J connectivity index is 1.97. The molecule has 1 fully saturated rings. The molecule has 0 amide bonds. The van der Waals surface area contributed by atoms with Crippen molar-refractivity contribution in [2.45, 2.75) is 18.4 Å². The first-order chi connectivity index (χ1) is 10.5. The first kappa shape index (κ1) is 14.9. The summed E-state index contributed by atoms with van der Waals surface area (Å²) >= 11 is 5.58. The smallest absolute Gasteiger partial charge is 0.321 e. The Kier molecular flexibility index (Phi) is 3.79. The SMILES string of the molecule is N=C(N)C1CC(OC(=O)CCl)(c2ccc3ccccc3c2)C1. The summed E-state index contributed by atoms with van der Waals surface area (Å²) in [5.41, 5.74) is 5.78. The number of esters is 1. The van der Waals surface area contributed by atoms with Gasteiger partial charge in [-0.2, -0.15) is 0 Å². The van der Waals surface area contributed by atoms with Crippen LogP contribution in [0.25, 0.3) is 10.8 Å². The molecule has 0 heterocycles. The van der Waals surface area contributed by atoms with Gasteiger partial charge in [0.05, 0.1) is 5.84 Å². The largest absolute Gasteiger partial charge is 0.453 e. The molecule has 2 aromatic carbocycles. The van der Waals surface area contributed by atoms with Gasteiger partial charge in [0.2, 0.25) is 0 Å². The van der Waals surface area contributed by atoms with Crippen molar-refractivity contribution < 1.29 is 9.53 Å². The predicted molar refractivity (Wildman–Crippen MR) is 87.1 cm³/mol. The van der Waals surface area contributed by atoms with E-state index in [1.54, 1.807) is 0 Å². The second-order valence-corrected chi connectivity index (χ2v) is 5.99. The third-order valence-corrected chi connectivity index (χ3v) is 4.50. The molecule has 114 valence electrons. The highest BCUT2D eigenvalue weighted by molar-refractivity contribution is 6.26. The predicted octanol–water partition coefficient (Wildman–Crippen LogP) is 3.16. The van der Waals surface area contributed by atoms with Gasteiger partial charge < -0.3 is 10.5 Å². The van der Waals surface area contributed by atoms with Gasteiger partial charge in [-0.05, 0) is 22.4 Å². The molecule has 0 radical (unpaired) electrons. The molecule has 0 aliphatic heterocycles. The number of hydrogen-bond donors (Lipinski definition) is 2. The minimum atomic E-state index is -0.716. The fraction of sp³-hybridized carbons (Fsp3) is 0.294. The Hall–Kier alpha value is -2.07. The number of carbonyl (C=O) groups excluding carboxylic acids is 1. The van der Waals surface area contributed by atoms with Gasteiger partial charge in [0.25, 0.3) is 0 Å². The fourth-order valence-electron chi connectivity index (χ4n) is 3.05. The molecule has 4 nitrogen and oxygen atoms in total. The molecule has 3 rings (SSSR count). The lowest BCUT2D eigenvalue weighted by atomic mass is 9.66. The van der Waals surface area contributed by atoms with Gasteiger partial charge >= 0.3 is 5.97 Å². The van der Waals surface area contributed by atoms with E-state index in [9.17, 15) is 4.79 Å². The number of carbonyl (C=O) groups is 1. The minimum absolute atomic E-state index is 0.0467. The van der Waals surface area contributed by atoms with E-state index in [4.69, 9.17) is 27.5 Å². The van der Waals surface area contributed by atoms with E-state index in [-0.39, 0.29) is 17.6 Å². The number of amidine groups is 1. The van der Waals surface area contributed by atoms with Crippen LogP contribution in [0.3, 0.4) is 0 Å². The summed E-state index contributed by atoms with van der Waals surface area (Å²) in [7, 11) is 0. The van der Waals surface area contributed by atoms with E-state index in [0.717, 1.165) is 16.3 Å². The Labute approximate surface area is 133 Å². The monoisotopic (exact) mass is 316 g/mol. The van der Waals surface area contributed by atoms with Crippen molar-refractivity contribution in [2.75, 3.05) is 5.88 Å². The summed E-state index contributed by atoms with van der Waals surface area (Å²) in [5.74, 6) is -0.537. The van der Waals surface area contributed by atoms with Crippen LogP contribution in [0.1, 0.15) is 18.4 Å². The Bertz CT molecular complexity index is 738. The number of nitrogens with two attached hydrogens (primary N) is 1. The molecule has 0 unspecified atom stereocenters. The van der Waals surface area contributed by atoms with E-state index in [0.29, 0.717) is 12.8 Å². The van der Waals surface area contributed by atoms with Gasteiger partial charge in [0.15, 0.2) is 0 Å². The van der Waals surface area contributed by atoms with E-state index in [1.165, 1.54) is 0 Å². The highest BCUT2D eigenvalue weighted by atomic mass is 35.5. The zero-order valence-electron chi connectivity index (χ0n) is 12.0. The summed E-state index contributed by atoms with van der Waals surface area (Å²) < 4.78 is 5.62. The number of hydrogen-bond acceptors (Lipinski definition) is 3. The zero-order valence-corrected chi connectivity index (χ0v) is 12.8. The van der Waals surface area contributed by atoms with Crippen molar-refractivity contribution in [1.29, 1.82) is 5.41 Å². The van der Waals surface area contributed by atoms with Crippen LogP contribution in [0.5, 0.6) is 0 Å². The number of ether oxygens (including phenoxy) is 1. The maximum absolute atomic E-state index is 11.7. The van der Waals surface area contributed by atoms with Gasteiger partial charge in [-0.15, -0.1) is 11.6 Å². The van der Waals surface area contributed by atoms with Gasteiger partial charge in [0, 0.05) is 18.8 Å². The molecule has 3 N–H and O–H groups in total. The molecule has 22 heavy (non-hydrogen) atoms. The summed E-state index contributed by atoms with van der Waals surface area (Å²) in [6.45, 7) is 0. The van der Waals surface area contributed by atoms with Crippen LogP contribution in [-0.4, -0.2) is 17.7 Å². The third-order valence-electron chi connectivity index (χ3n) is 4.29. The average Bonchev–Trinajstić information content (AvgIpc) is 2.49. The van der Waals surface area contributed by atoms with Crippen LogP contribution in [-0.2, 0) is 15.1 Å². The van der Waals surface area contributed by atoms with Crippen LogP contribution >= 0.6 is 11.6 Å². The summed E-state index contributed by atoms with van der Waals surface area (Å²) in [6.07, 6.45) is 1.06. The van der Waals surface area contributed by atoms with Crippen molar-refractivity contribution in [3.8, 4) is 0 Å². The van der Waals surface area contributed by atoms with Gasteiger partial charge in [-0.3, -0.25) is 10.2 Å². The molecule has 0 bridgehead atoms. The van der Waals surface area contributed by atoms with Crippen molar-refractivity contribution >= 4 is 34.2 Å². The molecule has 0 atom stereocenters. The van der Waals surface area contributed by atoms with Gasteiger partial charge in [-0.25, -0.2) is 0 Å². The van der Waals surface area contributed by atoms with E-state index in [1.807, 2.05) is 42.5 Å². The maximum atomic E-state index is 11.7. The lowest BCUT2D eigenvalue weighted by molar-refractivity contribution is -0.172. The first-order valence-electron chi connectivity index (χ1n) is 7.15. The van der Waals surface area contributed by atoms with Crippen LogP contribution in [0.4, 0.5) is 0 Å². The molecule has 5 heteroatoms. The molecule has 1 saturated carbocycles. The normalized spacial score (nSPS) is 23.8. The second kappa shape index (κ2) is 5.61. The molecule has 1 aliphatic carbocycles. The van der Waals surface area contributed by atoms with E-state index in [2.05, 4.69) is 0 Å². The number of halogens is 1. The van der Waals surface area contributed by atoms with Gasteiger partial charge in [-0.1, -0.05) is 36.4 Å². The molecular weight excluding hydrogens is 300 g/mol. The number of nitrogens with one attached hydrogen (secondary N) is 1. The molecule has 2 aromatic rings. The van der Waals surface area contributed by atoms with Crippen molar-refractivity contribution in [1.82, 2.24) is 0 Å². The Morgan fingerprint density at radius 1 is 1.27 bits per heavy atom. The van der Waals surface area contributed by atoms with E-state index < -0.39 is 11.6 Å². The molecule has 1 aliphatic rings. The second-order valence-electron chi connectivity index (χ2n) is 5.72. The minimum Gasteiger partial charge on any atom is -0.453 e. The summed E-state index contributed by atoms with van der Waals surface area (Å²) in [5, 5.41) is 9.78. The van der Waals surface area contributed by atoms with Gasteiger partial charge in [0.1, 0.15) is 11.5 Å². The fourth-order valence-corrected chi connectivity index (χ4v) is 3.11. The van der Waals surface area contributed by atoms with E-state index >= 15 is 0 Å². The maximum Gasteiger partial charge on any atom is 0.321 e. The first-order valence-corrected chi connectivity index (χ1v) is 7.68. The molecular formula is C17H17ClN2O2. The lowest BCUT2D eigenvalue weighted by Gasteiger charge is -2.46. The van der Waals surface area contributed by atoms with Crippen molar-refractivity contribution in [3.05, 3.63) is 48.0 Å². The highest BCUT2D eigenvalue weighted by Crippen LogP contribution is 2.49. The standard InChI is InChI=1S/C17H17ClN2O2/c18-10-15(21)22-17(8-13(9-17)16(19)20)14-6-5-11-3-1-2-4-12(11)7-14/h1-7,13H,8-10H2,(H3,19,20). The van der Waals surface area contributed by atoms with Crippen molar-refractivity contribution in [2.24, 2.45) is 11.7 Å². The Morgan fingerprint density at radius 3 is 2.59 bits per heavy atom. The zero-order chi connectivity index (χ0) is 15.7. The topological polar surface area (TPSA) is 76.2 Å². The van der Waals surface area contributed by atoms with Crippen LogP contribution in [0.15, 0.2) is 42.5 Å². The quantitative estimate of drug-likeness (QED) is 0.394. The molecule has 0 spiro atoms. The highest BCUT2D eigenvalue weighted by Gasteiger charge is 2.50. The van der Waals surface area contributed by atoms with Crippen LogP contribution in [0, 0.1) is 11.3 Å². The van der Waals surface area contributed by atoms with Crippen LogP contribution < -0.4 is 5.73 Å².